The van der Waals surface area contributed by atoms with E-state index < -0.39 is 10.8 Å². The zero-order valence-electron chi connectivity index (χ0n) is 15.3. The van der Waals surface area contributed by atoms with Gasteiger partial charge in [0.25, 0.3) is 11.6 Å². The molecule has 0 unspecified atom stereocenters. The summed E-state index contributed by atoms with van der Waals surface area (Å²) in [6.45, 7) is 3.92. The van der Waals surface area contributed by atoms with E-state index in [1.54, 1.807) is 0 Å². The van der Waals surface area contributed by atoms with Crippen LogP contribution < -0.4 is 10.1 Å². The molecule has 0 spiro atoms. The number of aromatic hydroxyl groups is 1. The first-order chi connectivity index (χ1) is 13.3. The zero-order valence-corrected chi connectivity index (χ0v) is 16.2. The first-order valence-corrected chi connectivity index (χ1v) is 9.01. The summed E-state index contributed by atoms with van der Waals surface area (Å²) in [6.07, 6.45) is 1.37. The van der Waals surface area contributed by atoms with E-state index in [0.717, 1.165) is 29.0 Å². The van der Waals surface area contributed by atoms with Crippen molar-refractivity contribution in [2.45, 2.75) is 13.8 Å². The number of carbonyl (C=O) groups is 1. The van der Waals surface area contributed by atoms with Gasteiger partial charge in [-0.05, 0) is 54.9 Å². The van der Waals surface area contributed by atoms with Gasteiger partial charge >= 0.3 is 0 Å². The lowest BCUT2D eigenvalue weighted by Crippen LogP contribution is -2.19. The van der Waals surface area contributed by atoms with Crippen LogP contribution in [-0.4, -0.2) is 28.2 Å². The molecular formula is C19H17N3O5S. The second-order valence-electron chi connectivity index (χ2n) is 6.17. The summed E-state index contributed by atoms with van der Waals surface area (Å²) in [6, 6.07) is 8.11. The van der Waals surface area contributed by atoms with Crippen LogP contribution in [0.4, 0.5) is 11.4 Å². The molecule has 1 aliphatic rings. The summed E-state index contributed by atoms with van der Waals surface area (Å²) in [7, 11) is 1.29. The average Bonchev–Trinajstić information content (AvgIpc) is 2.94. The molecule has 0 aromatic heterocycles. The Labute approximate surface area is 165 Å². The minimum Gasteiger partial charge on any atom is -0.504 e. The minimum absolute atomic E-state index is 0.0476. The number of aliphatic imine (C=N–C) groups is 1. The van der Waals surface area contributed by atoms with Crippen molar-refractivity contribution in [2.75, 3.05) is 7.11 Å². The maximum absolute atomic E-state index is 12.3. The summed E-state index contributed by atoms with van der Waals surface area (Å²) in [4.78, 5) is 27.4. The first-order valence-electron chi connectivity index (χ1n) is 8.20. The van der Waals surface area contributed by atoms with Crippen LogP contribution in [0.5, 0.6) is 11.5 Å². The highest BCUT2D eigenvalue weighted by Gasteiger charge is 2.25. The lowest BCUT2D eigenvalue weighted by atomic mass is 10.1. The van der Waals surface area contributed by atoms with Gasteiger partial charge in [0.15, 0.2) is 16.7 Å². The van der Waals surface area contributed by atoms with Crippen LogP contribution in [-0.2, 0) is 4.79 Å². The second kappa shape index (κ2) is 7.73. The van der Waals surface area contributed by atoms with Crippen molar-refractivity contribution in [1.82, 2.24) is 5.32 Å². The quantitative estimate of drug-likeness (QED) is 0.459. The lowest BCUT2D eigenvalue weighted by Gasteiger charge is -2.06. The van der Waals surface area contributed by atoms with Crippen LogP contribution in [0.15, 0.2) is 40.2 Å². The molecule has 0 radical (unpaired) electrons. The number of hydrogen-bond acceptors (Lipinski definition) is 7. The van der Waals surface area contributed by atoms with E-state index in [4.69, 9.17) is 4.74 Å². The van der Waals surface area contributed by atoms with Gasteiger partial charge in [-0.2, -0.15) is 0 Å². The van der Waals surface area contributed by atoms with Gasteiger partial charge in [-0.3, -0.25) is 14.9 Å². The van der Waals surface area contributed by atoms with Crippen LogP contribution in [0.25, 0.3) is 6.08 Å². The molecule has 8 nitrogen and oxygen atoms in total. The Bertz CT molecular complexity index is 1030. The Hall–Kier alpha value is -3.33. The molecule has 144 valence electrons. The number of methoxy groups -OCH3 is 1. The molecule has 3 rings (SSSR count). The number of rotatable bonds is 4. The summed E-state index contributed by atoms with van der Waals surface area (Å²) in [5.74, 6) is -0.736. The number of ether oxygens (including phenoxy) is 1. The average molecular weight is 399 g/mol. The summed E-state index contributed by atoms with van der Waals surface area (Å²) < 4.78 is 4.98. The molecule has 0 saturated carbocycles. The fraction of sp³-hybridized carbons (Fsp3) is 0.158. The number of carbonyl (C=O) groups excluding carboxylic acids is 1. The number of phenolic OH excluding ortho intramolecular Hbond substituents is 1. The molecule has 28 heavy (non-hydrogen) atoms. The van der Waals surface area contributed by atoms with Crippen LogP contribution in [0.1, 0.15) is 16.7 Å². The number of nitrogens with one attached hydrogen (secondary N) is 1. The van der Waals surface area contributed by atoms with E-state index in [1.165, 1.54) is 19.3 Å². The van der Waals surface area contributed by atoms with E-state index in [2.05, 4.69) is 10.3 Å². The third-order valence-corrected chi connectivity index (χ3v) is 4.80. The van der Waals surface area contributed by atoms with Gasteiger partial charge in [0.2, 0.25) is 0 Å². The van der Waals surface area contributed by atoms with Crippen molar-refractivity contribution in [1.29, 1.82) is 0 Å². The number of benzene rings is 2. The highest BCUT2D eigenvalue weighted by atomic mass is 32.2. The molecule has 1 heterocycles. The SMILES string of the molecule is COc1cc([N+](=O)[O-])cc(/C=C2\SC(=Nc3cc(C)cc(C)c3)NC2=O)c1O. The highest BCUT2D eigenvalue weighted by Crippen LogP contribution is 2.38. The summed E-state index contributed by atoms with van der Waals surface area (Å²) in [5, 5.41) is 24.4. The molecular weight excluding hydrogens is 382 g/mol. The Morgan fingerprint density at radius 1 is 1.21 bits per heavy atom. The van der Waals surface area contributed by atoms with Crippen LogP contribution in [0, 0.1) is 24.0 Å². The van der Waals surface area contributed by atoms with Crippen molar-refractivity contribution >= 4 is 40.3 Å². The van der Waals surface area contributed by atoms with Crippen molar-refractivity contribution in [3.63, 3.8) is 0 Å². The van der Waals surface area contributed by atoms with Crippen LogP contribution in [0.2, 0.25) is 0 Å². The van der Waals surface area contributed by atoms with E-state index in [0.29, 0.717) is 10.9 Å². The minimum atomic E-state index is -0.598. The number of phenols is 1. The van der Waals surface area contributed by atoms with Gasteiger partial charge in [0, 0.05) is 11.6 Å². The molecule has 1 saturated heterocycles. The molecule has 0 aliphatic carbocycles. The number of nitro groups is 1. The maximum Gasteiger partial charge on any atom is 0.274 e. The van der Waals surface area contributed by atoms with E-state index >= 15 is 0 Å². The van der Waals surface area contributed by atoms with Gasteiger partial charge in [-0.15, -0.1) is 0 Å². The van der Waals surface area contributed by atoms with Crippen molar-refractivity contribution in [3.8, 4) is 11.5 Å². The number of non-ortho nitro benzene ring substituents is 1. The highest BCUT2D eigenvalue weighted by molar-refractivity contribution is 8.18. The maximum atomic E-state index is 12.3. The van der Waals surface area contributed by atoms with Crippen molar-refractivity contribution in [2.24, 2.45) is 4.99 Å². The standard InChI is InChI=1S/C19H17N3O5S/c1-10-4-11(2)6-13(5-10)20-19-21-18(24)16(28-19)8-12-7-14(22(25)26)9-15(27-3)17(12)23/h4-9,23H,1-3H3,(H,20,21,24)/b16-8-. The van der Waals surface area contributed by atoms with Crippen LogP contribution in [0.3, 0.4) is 0 Å². The predicted octanol–water partition coefficient (Wildman–Crippen LogP) is 3.82. The Morgan fingerprint density at radius 3 is 2.50 bits per heavy atom. The molecule has 1 fully saturated rings. The van der Waals surface area contributed by atoms with Gasteiger partial charge in [-0.25, -0.2) is 4.99 Å². The number of aryl methyl sites for hydroxylation is 2. The molecule has 1 amide bonds. The molecule has 1 aliphatic heterocycles. The second-order valence-corrected chi connectivity index (χ2v) is 7.20. The monoisotopic (exact) mass is 399 g/mol. The van der Waals surface area contributed by atoms with Gasteiger partial charge in [0.05, 0.1) is 28.7 Å². The van der Waals surface area contributed by atoms with Gasteiger partial charge in [0.1, 0.15) is 0 Å². The number of amides is 1. The number of thioether (sulfide) groups is 1. The third-order valence-electron chi connectivity index (χ3n) is 3.89. The molecule has 2 aromatic rings. The number of amidine groups is 1. The third kappa shape index (κ3) is 4.15. The Balaban J connectivity index is 1.96. The predicted molar refractivity (Wildman–Crippen MR) is 108 cm³/mol. The number of nitrogens with zero attached hydrogens (tertiary/aromatic N) is 2. The number of hydrogen-bond donors (Lipinski definition) is 2. The van der Waals surface area contributed by atoms with Crippen LogP contribution >= 0.6 is 11.8 Å². The lowest BCUT2D eigenvalue weighted by molar-refractivity contribution is -0.385. The smallest absolute Gasteiger partial charge is 0.274 e. The molecule has 0 atom stereocenters. The van der Waals surface area contributed by atoms with E-state index in [1.807, 2.05) is 32.0 Å². The molecule has 2 N–H and O–H groups in total. The topological polar surface area (TPSA) is 114 Å². The number of nitro benzene ring substituents is 1. The summed E-state index contributed by atoms with van der Waals surface area (Å²) in [5.41, 5.74) is 2.67. The van der Waals surface area contributed by atoms with Crippen molar-refractivity contribution in [3.05, 3.63) is 62.0 Å². The van der Waals surface area contributed by atoms with E-state index in [9.17, 15) is 20.0 Å². The molecule has 0 bridgehead atoms. The van der Waals surface area contributed by atoms with Crippen molar-refractivity contribution < 1.29 is 19.6 Å². The fourth-order valence-electron chi connectivity index (χ4n) is 2.74. The Kier molecular flexibility index (Phi) is 5.36. The van der Waals surface area contributed by atoms with E-state index in [-0.39, 0.29) is 27.7 Å². The first kappa shape index (κ1) is 19.4. The summed E-state index contributed by atoms with van der Waals surface area (Å²) >= 11 is 1.09. The molecule has 9 heteroatoms. The fourth-order valence-corrected chi connectivity index (χ4v) is 3.57. The Morgan fingerprint density at radius 2 is 1.89 bits per heavy atom. The zero-order chi connectivity index (χ0) is 20.4. The normalized spacial score (nSPS) is 16.5. The largest absolute Gasteiger partial charge is 0.504 e. The molecule has 2 aromatic carbocycles. The van der Waals surface area contributed by atoms with Gasteiger partial charge in [-0.1, -0.05) is 6.07 Å². The van der Waals surface area contributed by atoms with Gasteiger partial charge < -0.3 is 15.2 Å².